The van der Waals surface area contributed by atoms with Crippen LogP contribution in [0.5, 0.6) is 0 Å². The average Bonchev–Trinajstić information content (AvgIpc) is 2.89. The van der Waals surface area contributed by atoms with E-state index in [4.69, 9.17) is 0 Å². The Morgan fingerprint density at radius 2 is 1.71 bits per heavy atom. The topological polar surface area (TPSA) is 20.2 Å². The first-order valence-electron chi connectivity index (χ1n) is 6.29. The Morgan fingerprint density at radius 1 is 0.952 bits per heavy atom. The van der Waals surface area contributed by atoms with Crippen LogP contribution < -0.4 is 0 Å². The Balaban J connectivity index is 1.99. The minimum Gasteiger partial charge on any atom is -0.383 e. The summed E-state index contributed by atoms with van der Waals surface area (Å²) in [5, 5.41) is 11.3. The minimum absolute atomic E-state index is 0.247. The minimum atomic E-state index is -4.41. The second-order valence-corrected chi connectivity index (χ2v) is 5.83. The second-order valence-electron chi connectivity index (χ2n) is 4.71. The van der Waals surface area contributed by atoms with Gasteiger partial charge in [0.05, 0.1) is 5.56 Å². The van der Waals surface area contributed by atoms with Gasteiger partial charge >= 0.3 is 6.18 Å². The Bertz CT molecular complexity index is 743. The molecular weight excluding hydrogens is 297 g/mol. The van der Waals surface area contributed by atoms with Crippen LogP contribution in [0.1, 0.15) is 22.1 Å². The van der Waals surface area contributed by atoms with Gasteiger partial charge in [0, 0.05) is 9.58 Å². The molecule has 3 rings (SSSR count). The number of aliphatic hydroxyl groups is 1. The molecule has 0 aliphatic rings. The zero-order chi connectivity index (χ0) is 15.0. The van der Waals surface area contributed by atoms with Gasteiger partial charge in [-0.2, -0.15) is 13.2 Å². The number of fused-ring (bicyclic) bond motifs is 1. The number of alkyl halides is 3. The molecule has 1 N–H and O–H groups in total. The van der Waals surface area contributed by atoms with Crippen LogP contribution in [0.4, 0.5) is 13.2 Å². The van der Waals surface area contributed by atoms with E-state index in [0.717, 1.165) is 22.2 Å². The highest BCUT2D eigenvalue weighted by Crippen LogP contribution is 2.35. The maximum atomic E-state index is 12.7. The summed E-state index contributed by atoms with van der Waals surface area (Å²) in [5.74, 6) is 0. The lowest BCUT2D eigenvalue weighted by atomic mass is 10.0. The lowest BCUT2D eigenvalue weighted by molar-refractivity contribution is -0.137. The number of hydrogen-bond donors (Lipinski definition) is 1. The van der Waals surface area contributed by atoms with Gasteiger partial charge in [0.1, 0.15) is 6.10 Å². The van der Waals surface area contributed by atoms with Crippen molar-refractivity contribution in [3.63, 3.8) is 0 Å². The molecule has 0 saturated carbocycles. The van der Waals surface area contributed by atoms with Gasteiger partial charge in [0.2, 0.25) is 0 Å². The molecule has 2 aromatic carbocycles. The third-order valence-corrected chi connectivity index (χ3v) is 4.41. The van der Waals surface area contributed by atoms with Crippen LogP contribution in [0.25, 0.3) is 10.1 Å². The monoisotopic (exact) mass is 308 g/mol. The Morgan fingerprint density at radius 3 is 2.43 bits per heavy atom. The highest BCUT2D eigenvalue weighted by molar-refractivity contribution is 7.19. The molecular formula is C16H11F3OS. The van der Waals surface area contributed by atoms with Gasteiger partial charge in [-0.1, -0.05) is 30.3 Å². The number of thiophene rings is 1. The van der Waals surface area contributed by atoms with Crippen molar-refractivity contribution in [1.29, 1.82) is 0 Å². The van der Waals surface area contributed by atoms with Crippen LogP contribution in [-0.4, -0.2) is 5.11 Å². The van der Waals surface area contributed by atoms with E-state index in [1.165, 1.54) is 23.5 Å². The van der Waals surface area contributed by atoms with Crippen LogP contribution in [-0.2, 0) is 6.18 Å². The van der Waals surface area contributed by atoms with Gasteiger partial charge in [-0.05, 0) is 35.2 Å². The molecule has 5 heteroatoms. The predicted octanol–water partition coefficient (Wildman–Crippen LogP) is 5.00. The lowest BCUT2D eigenvalue weighted by Crippen LogP contribution is -2.06. The molecule has 3 aromatic rings. The molecule has 0 amide bonds. The van der Waals surface area contributed by atoms with Crippen molar-refractivity contribution in [1.82, 2.24) is 0 Å². The average molecular weight is 308 g/mol. The van der Waals surface area contributed by atoms with Crippen LogP contribution in [0.2, 0.25) is 0 Å². The quantitative estimate of drug-likeness (QED) is 0.706. The fourth-order valence-corrected chi connectivity index (χ4v) is 3.27. The highest BCUT2D eigenvalue weighted by atomic mass is 32.1. The van der Waals surface area contributed by atoms with Crippen LogP contribution in [0.15, 0.2) is 54.6 Å². The molecule has 21 heavy (non-hydrogen) atoms. The molecule has 1 aromatic heterocycles. The first-order chi connectivity index (χ1) is 9.95. The summed E-state index contributed by atoms with van der Waals surface area (Å²) in [5.41, 5.74) is -0.503. The standard InChI is InChI=1S/C16H11F3OS/c17-16(18,19)12-6-3-5-11(8-12)15(20)14-9-10-4-1-2-7-13(10)21-14/h1-9,15,20H. The molecule has 1 atom stereocenters. The summed E-state index contributed by atoms with van der Waals surface area (Å²) in [7, 11) is 0. The summed E-state index contributed by atoms with van der Waals surface area (Å²) in [4.78, 5) is 0.635. The number of benzene rings is 2. The Hall–Kier alpha value is -1.85. The van der Waals surface area contributed by atoms with Gasteiger partial charge in [0.25, 0.3) is 0 Å². The van der Waals surface area contributed by atoms with Crippen molar-refractivity contribution in [3.05, 3.63) is 70.6 Å². The van der Waals surface area contributed by atoms with E-state index in [1.54, 1.807) is 0 Å². The molecule has 108 valence electrons. The molecule has 0 fully saturated rings. The van der Waals surface area contributed by atoms with Crippen molar-refractivity contribution < 1.29 is 18.3 Å². The lowest BCUT2D eigenvalue weighted by Gasteiger charge is -2.12. The maximum absolute atomic E-state index is 12.7. The van der Waals surface area contributed by atoms with E-state index in [9.17, 15) is 18.3 Å². The van der Waals surface area contributed by atoms with E-state index in [0.29, 0.717) is 4.88 Å². The summed E-state index contributed by atoms with van der Waals surface area (Å²) in [6.45, 7) is 0. The summed E-state index contributed by atoms with van der Waals surface area (Å²) in [6.07, 6.45) is -5.46. The molecule has 1 unspecified atom stereocenters. The van der Waals surface area contributed by atoms with Gasteiger partial charge in [-0.25, -0.2) is 0 Å². The smallest absolute Gasteiger partial charge is 0.383 e. The molecule has 0 aliphatic heterocycles. The van der Waals surface area contributed by atoms with Gasteiger partial charge in [0.15, 0.2) is 0 Å². The summed E-state index contributed by atoms with van der Waals surface area (Å²) in [6, 6.07) is 14.2. The molecule has 1 nitrogen and oxygen atoms in total. The van der Waals surface area contributed by atoms with Gasteiger partial charge in [-0.15, -0.1) is 11.3 Å². The third kappa shape index (κ3) is 2.80. The first kappa shape index (κ1) is 14.1. The molecule has 0 radical (unpaired) electrons. The van der Waals surface area contributed by atoms with E-state index in [1.807, 2.05) is 30.3 Å². The fraction of sp³-hybridized carbons (Fsp3) is 0.125. The van der Waals surface area contributed by atoms with E-state index < -0.39 is 17.8 Å². The van der Waals surface area contributed by atoms with Crippen LogP contribution in [0, 0.1) is 0 Å². The summed E-state index contributed by atoms with van der Waals surface area (Å²) >= 11 is 1.38. The Kier molecular flexibility index (Phi) is 3.47. The van der Waals surface area contributed by atoms with Crippen molar-refractivity contribution >= 4 is 21.4 Å². The second kappa shape index (κ2) is 5.16. The first-order valence-corrected chi connectivity index (χ1v) is 7.10. The number of hydrogen-bond acceptors (Lipinski definition) is 2. The SMILES string of the molecule is OC(c1cccc(C(F)(F)F)c1)c1cc2ccccc2s1. The molecule has 0 spiro atoms. The third-order valence-electron chi connectivity index (χ3n) is 3.24. The summed E-state index contributed by atoms with van der Waals surface area (Å²) < 4.78 is 39.2. The van der Waals surface area contributed by atoms with Gasteiger partial charge < -0.3 is 5.11 Å². The highest BCUT2D eigenvalue weighted by Gasteiger charge is 2.31. The number of aliphatic hydroxyl groups excluding tert-OH is 1. The Labute approximate surface area is 123 Å². The normalized spacial score (nSPS) is 13.5. The molecule has 1 heterocycles. The van der Waals surface area contributed by atoms with E-state index in [-0.39, 0.29) is 5.56 Å². The zero-order valence-electron chi connectivity index (χ0n) is 10.8. The largest absolute Gasteiger partial charge is 0.416 e. The van der Waals surface area contributed by atoms with E-state index in [2.05, 4.69) is 0 Å². The maximum Gasteiger partial charge on any atom is 0.416 e. The zero-order valence-corrected chi connectivity index (χ0v) is 11.6. The van der Waals surface area contributed by atoms with Gasteiger partial charge in [-0.3, -0.25) is 0 Å². The fourth-order valence-electron chi connectivity index (χ4n) is 2.19. The molecule has 0 bridgehead atoms. The van der Waals surface area contributed by atoms with Crippen molar-refractivity contribution in [2.24, 2.45) is 0 Å². The van der Waals surface area contributed by atoms with Crippen molar-refractivity contribution in [2.75, 3.05) is 0 Å². The molecule has 0 aliphatic carbocycles. The van der Waals surface area contributed by atoms with Crippen molar-refractivity contribution in [2.45, 2.75) is 12.3 Å². The molecule has 0 saturated heterocycles. The van der Waals surface area contributed by atoms with Crippen LogP contribution in [0.3, 0.4) is 0 Å². The van der Waals surface area contributed by atoms with E-state index >= 15 is 0 Å². The number of rotatable bonds is 2. The number of halogens is 3. The predicted molar refractivity (Wildman–Crippen MR) is 77.3 cm³/mol. The van der Waals surface area contributed by atoms with Crippen molar-refractivity contribution in [3.8, 4) is 0 Å². The van der Waals surface area contributed by atoms with Crippen LogP contribution >= 0.6 is 11.3 Å².